The molecule has 1 aliphatic heterocycles. The van der Waals surface area contributed by atoms with Crippen LogP contribution in [0.1, 0.15) is 36.9 Å². The third kappa shape index (κ3) is 5.27. The number of methoxy groups -OCH3 is 1. The van der Waals surface area contributed by atoms with Crippen LogP contribution in [0.4, 0.5) is 11.4 Å². The fraction of sp³-hybridized carbons (Fsp3) is 0.281. The summed E-state index contributed by atoms with van der Waals surface area (Å²) >= 11 is 6.27. The van der Waals surface area contributed by atoms with Crippen LogP contribution in [0.5, 0.6) is 0 Å². The maximum atomic E-state index is 6.27. The van der Waals surface area contributed by atoms with Gasteiger partial charge in [0, 0.05) is 24.0 Å². The molecular weight excluding hydrogens is 506 g/mol. The number of hydrogen-bond donors (Lipinski definition) is 1. The Bertz CT molecular complexity index is 1670. The fourth-order valence-corrected chi connectivity index (χ4v) is 5.57. The summed E-state index contributed by atoms with van der Waals surface area (Å²) < 4.78 is 7.87. The molecule has 6 nitrogen and oxygen atoms in total. The van der Waals surface area contributed by atoms with Gasteiger partial charge >= 0.3 is 0 Å². The molecule has 1 saturated carbocycles. The lowest BCUT2D eigenvalue weighted by Crippen LogP contribution is -2.25. The van der Waals surface area contributed by atoms with E-state index in [9.17, 15) is 0 Å². The van der Waals surface area contributed by atoms with Crippen LogP contribution < -0.4 is 10.7 Å². The zero-order valence-electron chi connectivity index (χ0n) is 22.5. The van der Waals surface area contributed by atoms with Crippen molar-refractivity contribution in [3.05, 3.63) is 94.6 Å². The van der Waals surface area contributed by atoms with Gasteiger partial charge in [0.1, 0.15) is 0 Å². The van der Waals surface area contributed by atoms with E-state index in [-0.39, 0.29) is 6.04 Å². The molecule has 0 bridgehead atoms. The summed E-state index contributed by atoms with van der Waals surface area (Å²) in [5.74, 6) is 0. The number of hydrogen-bond acceptors (Lipinski definition) is 5. The van der Waals surface area contributed by atoms with Crippen molar-refractivity contribution in [1.82, 2.24) is 14.5 Å². The second-order valence-corrected chi connectivity index (χ2v) is 10.8. The van der Waals surface area contributed by atoms with Crippen LogP contribution >= 0.6 is 11.6 Å². The maximum Gasteiger partial charge on any atom is 0.0900 e. The number of ether oxygens (including phenoxy) is 1. The number of nitrogens with zero attached hydrogens (tertiary/aromatic N) is 4. The molecule has 198 valence electrons. The van der Waals surface area contributed by atoms with Crippen LogP contribution in [0.2, 0.25) is 5.02 Å². The first-order valence-corrected chi connectivity index (χ1v) is 13.8. The molecule has 0 saturated heterocycles. The number of halogens is 1. The van der Waals surface area contributed by atoms with Crippen LogP contribution in [0.15, 0.2) is 77.9 Å². The second-order valence-electron chi connectivity index (χ2n) is 10.3. The highest BCUT2D eigenvalue weighted by Crippen LogP contribution is 2.32. The van der Waals surface area contributed by atoms with Gasteiger partial charge < -0.3 is 14.6 Å². The van der Waals surface area contributed by atoms with Crippen LogP contribution in [0.25, 0.3) is 28.1 Å². The number of fused-ring (bicyclic) bond motifs is 2. The fourth-order valence-electron chi connectivity index (χ4n) is 5.44. The van der Waals surface area contributed by atoms with Crippen LogP contribution in [-0.2, 0) is 4.74 Å². The summed E-state index contributed by atoms with van der Waals surface area (Å²) in [6.07, 6.45) is 6.21. The van der Waals surface area contributed by atoms with Crippen molar-refractivity contribution in [3.8, 4) is 17.1 Å². The first-order chi connectivity index (χ1) is 19.0. The van der Waals surface area contributed by atoms with E-state index in [0.717, 1.165) is 76.2 Å². The number of nitrogens with one attached hydrogen (secondary N) is 1. The average molecular weight is 538 g/mol. The van der Waals surface area contributed by atoms with Gasteiger partial charge in [-0.1, -0.05) is 17.7 Å². The van der Waals surface area contributed by atoms with Gasteiger partial charge in [-0.25, -0.2) is 4.98 Å². The maximum absolute atomic E-state index is 6.27. The van der Waals surface area contributed by atoms with E-state index >= 15 is 0 Å². The van der Waals surface area contributed by atoms with Gasteiger partial charge in [-0.05, 0) is 106 Å². The molecule has 0 spiro atoms. The Morgan fingerprint density at radius 3 is 2.49 bits per heavy atom. The monoisotopic (exact) mass is 537 g/mol. The van der Waals surface area contributed by atoms with Crippen molar-refractivity contribution >= 4 is 34.0 Å². The van der Waals surface area contributed by atoms with Gasteiger partial charge in [0.2, 0.25) is 0 Å². The molecule has 7 heteroatoms. The third-order valence-corrected chi connectivity index (χ3v) is 7.86. The largest absolute Gasteiger partial charge is 0.381 e. The van der Waals surface area contributed by atoms with Crippen molar-refractivity contribution < 1.29 is 4.74 Å². The number of anilines is 2. The van der Waals surface area contributed by atoms with E-state index in [1.54, 1.807) is 7.11 Å². The van der Waals surface area contributed by atoms with E-state index in [0.29, 0.717) is 11.1 Å². The smallest absolute Gasteiger partial charge is 0.0900 e. The molecule has 0 radical (unpaired) electrons. The van der Waals surface area contributed by atoms with Gasteiger partial charge in [0.05, 0.1) is 57.0 Å². The average Bonchev–Trinajstić information content (AvgIpc) is 2.94. The Labute approximate surface area is 233 Å². The first-order valence-electron chi connectivity index (χ1n) is 13.5. The summed E-state index contributed by atoms with van der Waals surface area (Å²) in [7, 11) is 1.80. The molecular formula is C32H32ClN5O. The summed E-state index contributed by atoms with van der Waals surface area (Å²) in [5.41, 5.74) is 8.86. The van der Waals surface area contributed by atoms with E-state index < -0.39 is 0 Å². The Balaban J connectivity index is 1.60. The quantitative estimate of drug-likeness (QED) is 0.237. The molecule has 39 heavy (non-hydrogen) atoms. The summed E-state index contributed by atoms with van der Waals surface area (Å²) in [6.45, 7) is 4.12. The standard InChI is InChI=1S/C32H32ClN5O/c1-20-6-15-27-31(17-20)38(24-11-7-22(33)8-12-24)32-19-29(35-23-9-13-25(39-3)14-10-23)28(18-30(32)37-27)36-26-5-4-16-34-21(26)2/h4-8,11-12,15-19,23,25,36H,9-10,13-14H2,1-3H3/b35-29+. The van der Waals surface area contributed by atoms with Gasteiger partial charge in [-0.15, -0.1) is 0 Å². The minimum absolute atomic E-state index is 0.240. The highest BCUT2D eigenvalue weighted by atomic mass is 35.5. The normalized spacial score (nSPS) is 18.1. The Morgan fingerprint density at radius 2 is 1.74 bits per heavy atom. The molecule has 3 aliphatic rings. The molecule has 2 aromatic carbocycles. The van der Waals surface area contributed by atoms with E-state index in [1.807, 2.05) is 37.4 Å². The second kappa shape index (κ2) is 10.8. The molecule has 2 heterocycles. The first kappa shape index (κ1) is 25.5. The molecule has 0 atom stereocenters. The minimum atomic E-state index is 0.240. The highest BCUT2D eigenvalue weighted by Gasteiger charge is 2.22. The molecule has 1 aromatic heterocycles. The zero-order valence-corrected chi connectivity index (χ0v) is 23.2. The molecule has 0 unspecified atom stereocenters. The van der Waals surface area contributed by atoms with Crippen LogP contribution in [0, 0.1) is 13.8 Å². The van der Waals surface area contributed by atoms with Crippen LogP contribution in [-0.4, -0.2) is 33.8 Å². The Hall–Kier alpha value is -3.74. The lowest BCUT2D eigenvalue weighted by Gasteiger charge is -2.25. The molecule has 6 rings (SSSR count). The van der Waals surface area contributed by atoms with Crippen molar-refractivity contribution in [2.75, 3.05) is 12.4 Å². The number of pyridine rings is 1. The summed E-state index contributed by atoms with van der Waals surface area (Å²) in [4.78, 5) is 14.9. The van der Waals surface area contributed by atoms with E-state index in [1.165, 1.54) is 5.56 Å². The molecule has 1 N–H and O–H groups in total. The lowest BCUT2D eigenvalue weighted by atomic mass is 9.93. The molecule has 0 amide bonds. The van der Waals surface area contributed by atoms with Crippen molar-refractivity contribution in [1.29, 1.82) is 0 Å². The van der Waals surface area contributed by atoms with Gasteiger partial charge in [-0.2, -0.15) is 0 Å². The summed E-state index contributed by atoms with van der Waals surface area (Å²) in [5, 5.41) is 5.25. The SMILES string of the molecule is COC1CCC(/N=c2\cc3n(-c4ccc(Cl)cc4)c4cc(C)ccc4nc-3cc2Nc2cccnc2C)CC1. The van der Waals surface area contributed by atoms with Crippen LogP contribution in [0.3, 0.4) is 0 Å². The highest BCUT2D eigenvalue weighted by molar-refractivity contribution is 6.30. The van der Waals surface area contributed by atoms with Gasteiger partial charge in [0.25, 0.3) is 0 Å². The van der Waals surface area contributed by atoms with Gasteiger partial charge in [-0.3, -0.25) is 9.98 Å². The molecule has 1 fully saturated rings. The minimum Gasteiger partial charge on any atom is -0.381 e. The van der Waals surface area contributed by atoms with E-state index in [2.05, 4.69) is 64.3 Å². The zero-order chi connectivity index (χ0) is 26.9. The van der Waals surface area contributed by atoms with Gasteiger partial charge in [0.15, 0.2) is 0 Å². The molecule has 2 aliphatic carbocycles. The number of aromatic nitrogens is 3. The predicted octanol–water partition coefficient (Wildman–Crippen LogP) is 7.40. The van der Waals surface area contributed by atoms with Crippen molar-refractivity contribution in [2.45, 2.75) is 51.7 Å². The number of aryl methyl sites for hydroxylation is 2. The predicted molar refractivity (Wildman–Crippen MR) is 158 cm³/mol. The Kier molecular flexibility index (Phi) is 7.07. The lowest BCUT2D eigenvalue weighted by molar-refractivity contribution is 0.0663. The van der Waals surface area contributed by atoms with Crippen molar-refractivity contribution in [3.63, 3.8) is 0 Å². The number of rotatable bonds is 5. The Morgan fingerprint density at radius 1 is 0.949 bits per heavy atom. The summed E-state index contributed by atoms with van der Waals surface area (Å²) in [6, 6.07) is 22.9. The third-order valence-electron chi connectivity index (χ3n) is 7.61. The van der Waals surface area contributed by atoms with E-state index in [4.69, 9.17) is 26.3 Å². The topological polar surface area (TPSA) is 64.3 Å². The van der Waals surface area contributed by atoms with Crippen molar-refractivity contribution in [2.24, 2.45) is 4.99 Å². The number of benzene rings is 3. The molecule has 3 aromatic rings.